The van der Waals surface area contributed by atoms with E-state index in [9.17, 15) is 9.59 Å². The van der Waals surface area contributed by atoms with E-state index in [1.807, 2.05) is 61.1 Å². The van der Waals surface area contributed by atoms with Gasteiger partial charge in [0.05, 0.1) is 11.3 Å². The normalized spacial score (nSPS) is 10.9. The summed E-state index contributed by atoms with van der Waals surface area (Å²) in [4.78, 5) is 25.3. The molecule has 33 heavy (non-hydrogen) atoms. The molecule has 0 saturated heterocycles. The quantitative estimate of drug-likeness (QED) is 0.139. The van der Waals surface area contributed by atoms with Crippen molar-refractivity contribution in [3.05, 3.63) is 87.1 Å². The molecule has 4 rings (SSSR count). The third-order valence-electron chi connectivity index (χ3n) is 5.13. The zero-order valence-electron chi connectivity index (χ0n) is 18.3. The Morgan fingerprint density at radius 2 is 1.76 bits per heavy atom. The van der Waals surface area contributed by atoms with Crippen LogP contribution in [0.15, 0.2) is 65.0 Å². The summed E-state index contributed by atoms with van der Waals surface area (Å²) in [5.41, 5.74) is 4.39. The number of nitrogens with zero attached hydrogens (tertiary/aromatic N) is 3. The minimum Gasteiger partial charge on any atom is -0.454 e. The van der Waals surface area contributed by atoms with Crippen molar-refractivity contribution in [2.24, 2.45) is 0 Å². The number of ether oxygens (including phenoxy) is 1. The largest absolute Gasteiger partial charge is 0.454 e. The first-order valence-corrected chi connectivity index (χ1v) is 12.5. The molecule has 2 aromatic heterocycles. The molecule has 0 atom stereocenters. The Morgan fingerprint density at radius 3 is 2.39 bits per heavy atom. The number of para-hydroxylation sites is 1. The van der Waals surface area contributed by atoms with Gasteiger partial charge in [-0.2, -0.15) is 0 Å². The number of carbonyl (C=O) groups excluding carboxylic acids is 2. The number of hydrogen-bond acceptors (Lipinski definition) is 7. The fraction of sp³-hybridized carbons (Fsp3) is 0.167. The summed E-state index contributed by atoms with van der Waals surface area (Å²) in [7, 11) is 0. The SMILES string of the molecule is CSc1nn(-c2ccc(C(=O)OCC(=O)c3cc(C)n(-c4ccccc4)c3C)cc2)c(=S)s1. The Balaban J connectivity index is 1.44. The van der Waals surface area contributed by atoms with E-state index in [2.05, 4.69) is 5.10 Å². The number of esters is 1. The maximum absolute atomic E-state index is 12.8. The zero-order chi connectivity index (χ0) is 23.5. The molecule has 2 heterocycles. The summed E-state index contributed by atoms with van der Waals surface area (Å²) >= 11 is 8.31. The van der Waals surface area contributed by atoms with Gasteiger partial charge in [-0.3, -0.25) is 4.79 Å². The molecule has 0 N–H and O–H groups in total. The van der Waals surface area contributed by atoms with Gasteiger partial charge in [0.2, 0.25) is 5.78 Å². The van der Waals surface area contributed by atoms with Crippen LogP contribution >= 0.6 is 35.3 Å². The van der Waals surface area contributed by atoms with Crippen LogP contribution in [0, 0.1) is 17.8 Å². The van der Waals surface area contributed by atoms with Gasteiger partial charge in [-0.05, 0) is 74.8 Å². The molecule has 6 nitrogen and oxygen atoms in total. The van der Waals surface area contributed by atoms with Crippen LogP contribution in [0.25, 0.3) is 11.4 Å². The summed E-state index contributed by atoms with van der Waals surface area (Å²) in [5.74, 6) is -0.799. The average molecular weight is 496 g/mol. The third-order valence-corrected chi connectivity index (χ3v) is 7.34. The maximum atomic E-state index is 12.8. The van der Waals surface area contributed by atoms with Gasteiger partial charge in [0.15, 0.2) is 14.9 Å². The summed E-state index contributed by atoms with van der Waals surface area (Å²) in [5, 5.41) is 4.44. The van der Waals surface area contributed by atoms with Crippen molar-refractivity contribution in [2.45, 2.75) is 18.2 Å². The molecule has 0 spiro atoms. The van der Waals surface area contributed by atoms with Crippen LogP contribution in [-0.4, -0.2) is 39.0 Å². The number of rotatable bonds is 7. The molecule has 168 valence electrons. The molecule has 0 radical (unpaired) electrons. The predicted molar refractivity (Wildman–Crippen MR) is 134 cm³/mol. The lowest BCUT2D eigenvalue weighted by Crippen LogP contribution is -2.15. The minimum atomic E-state index is -0.557. The van der Waals surface area contributed by atoms with Crippen LogP contribution in [-0.2, 0) is 4.74 Å². The molecule has 0 bridgehead atoms. The van der Waals surface area contributed by atoms with E-state index in [0.29, 0.717) is 15.1 Å². The van der Waals surface area contributed by atoms with Crippen molar-refractivity contribution in [1.82, 2.24) is 14.3 Å². The molecular weight excluding hydrogens is 474 g/mol. The van der Waals surface area contributed by atoms with Gasteiger partial charge in [-0.15, -0.1) is 5.10 Å². The fourth-order valence-corrected chi connectivity index (χ4v) is 5.34. The van der Waals surface area contributed by atoms with Crippen molar-refractivity contribution in [3.63, 3.8) is 0 Å². The highest BCUT2D eigenvalue weighted by Gasteiger charge is 2.19. The summed E-state index contributed by atoms with van der Waals surface area (Å²) in [6.45, 7) is 3.51. The van der Waals surface area contributed by atoms with E-state index in [1.165, 1.54) is 23.1 Å². The van der Waals surface area contributed by atoms with E-state index < -0.39 is 5.97 Å². The van der Waals surface area contributed by atoms with Crippen molar-refractivity contribution in [3.8, 4) is 11.4 Å². The Hall–Kier alpha value is -3.01. The van der Waals surface area contributed by atoms with Gasteiger partial charge in [0, 0.05) is 22.6 Å². The zero-order valence-corrected chi connectivity index (χ0v) is 20.7. The summed E-state index contributed by atoms with van der Waals surface area (Å²) in [6.07, 6.45) is 1.94. The second-order valence-corrected chi connectivity index (χ2v) is 9.93. The number of benzene rings is 2. The van der Waals surface area contributed by atoms with Gasteiger partial charge in [-0.1, -0.05) is 41.3 Å². The van der Waals surface area contributed by atoms with E-state index in [-0.39, 0.29) is 12.4 Å². The van der Waals surface area contributed by atoms with Crippen molar-refractivity contribution in [2.75, 3.05) is 12.9 Å². The monoisotopic (exact) mass is 495 g/mol. The molecular formula is C24H21N3O3S3. The molecule has 0 aliphatic carbocycles. The van der Waals surface area contributed by atoms with Crippen LogP contribution in [0.4, 0.5) is 0 Å². The first-order chi connectivity index (χ1) is 15.9. The number of hydrogen-bond donors (Lipinski definition) is 0. The molecule has 0 unspecified atom stereocenters. The number of Topliss-reactive ketones (excluding diaryl/α,β-unsaturated/α-hetero) is 1. The molecule has 0 aliphatic heterocycles. The second kappa shape index (κ2) is 9.86. The summed E-state index contributed by atoms with van der Waals surface area (Å²) in [6, 6.07) is 18.4. The lowest BCUT2D eigenvalue weighted by atomic mass is 10.1. The van der Waals surface area contributed by atoms with E-state index >= 15 is 0 Å². The van der Waals surface area contributed by atoms with Crippen molar-refractivity contribution < 1.29 is 14.3 Å². The lowest BCUT2D eigenvalue weighted by molar-refractivity contribution is 0.0474. The number of thioether (sulfide) groups is 1. The fourth-order valence-electron chi connectivity index (χ4n) is 3.56. The molecule has 0 saturated carbocycles. The Kier molecular flexibility index (Phi) is 6.92. The smallest absolute Gasteiger partial charge is 0.338 e. The van der Waals surface area contributed by atoms with E-state index in [1.54, 1.807) is 28.9 Å². The number of carbonyl (C=O) groups is 2. The second-order valence-electron chi connectivity index (χ2n) is 7.25. The maximum Gasteiger partial charge on any atom is 0.338 e. The van der Waals surface area contributed by atoms with Crippen LogP contribution in [0.1, 0.15) is 32.1 Å². The first-order valence-electron chi connectivity index (χ1n) is 10.1. The Bertz CT molecular complexity index is 1370. The minimum absolute atomic E-state index is 0.242. The molecule has 4 aromatic rings. The Morgan fingerprint density at radius 1 is 1.06 bits per heavy atom. The highest BCUT2D eigenvalue weighted by Crippen LogP contribution is 2.23. The van der Waals surface area contributed by atoms with Crippen LogP contribution in [0.5, 0.6) is 0 Å². The Labute approximate surface area is 204 Å². The van der Waals surface area contributed by atoms with Gasteiger partial charge in [0.25, 0.3) is 0 Å². The number of aryl methyl sites for hydroxylation is 1. The van der Waals surface area contributed by atoms with Crippen LogP contribution < -0.4 is 0 Å². The lowest BCUT2D eigenvalue weighted by Gasteiger charge is -2.09. The molecule has 0 aliphatic rings. The van der Waals surface area contributed by atoms with Gasteiger partial charge < -0.3 is 9.30 Å². The molecule has 9 heteroatoms. The third kappa shape index (κ3) is 4.85. The van der Waals surface area contributed by atoms with Crippen molar-refractivity contribution >= 4 is 47.1 Å². The topological polar surface area (TPSA) is 66.1 Å². The first kappa shape index (κ1) is 23.2. The molecule has 0 fully saturated rings. The summed E-state index contributed by atoms with van der Waals surface area (Å²) < 4.78 is 10.5. The van der Waals surface area contributed by atoms with Gasteiger partial charge >= 0.3 is 5.97 Å². The number of aromatic nitrogens is 3. The molecule has 0 amide bonds. The molecule has 2 aromatic carbocycles. The van der Waals surface area contributed by atoms with E-state index in [0.717, 1.165) is 27.1 Å². The number of ketones is 1. The predicted octanol–water partition coefficient (Wildman–Crippen LogP) is 5.83. The van der Waals surface area contributed by atoms with Crippen molar-refractivity contribution in [1.29, 1.82) is 0 Å². The highest BCUT2D eigenvalue weighted by molar-refractivity contribution is 8.00. The average Bonchev–Trinajstić information content (AvgIpc) is 3.36. The van der Waals surface area contributed by atoms with E-state index in [4.69, 9.17) is 17.0 Å². The van der Waals surface area contributed by atoms with Gasteiger partial charge in [-0.25, -0.2) is 9.48 Å². The van der Waals surface area contributed by atoms with Crippen LogP contribution in [0.2, 0.25) is 0 Å². The highest BCUT2D eigenvalue weighted by atomic mass is 32.2. The van der Waals surface area contributed by atoms with Gasteiger partial charge in [0.1, 0.15) is 0 Å². The van der Waals surface area contributed by atoms with Crippen LogP contribution in [0.3, 0.4) is 0 Å². The standard InChI is InChI=1S/C24H21N3O3S3/c1-15-13-20(16(2)26(15)18-7-5-4-6-8-18)21(28)14-30-22(29)17-9-11-19(12-10-17)27-24(31)33-23(25-27)32-3/h4-13H,14H2,1-3H3.